The number of nitrogens with one attached hydrogen (secondary N) is 1. The molecule has 0 rings (SSSR count). The molecule has 0 amide bonds. The van der Waals surface area contributed by atoms with Crippen molar-refractivity contribution in [2.45, 2.75) is 45.6 Å². The zero-order valence-corrected chi connectivity index (χ0v) is 12.0. The van der Waals surface area contributed by atoms with Crippen molar-refractivity contribution in [3.63, 3.8) is 0 Å². The molecule has 0 aromatic rings. The monoisotopic (exact) mass is 380 g/mol. The molecule has 0 aromatic carbocycles. The molecule has 2 heteroatoms. The fourth-order valence-electron chi connectivity index (χ4n) is 0.795. The van der Waals surface area contributed by atoms with E-state index in [1.165, 1.54) is 19.3 Å². The molecule has 0 radical (unpaired) electrons. The zero-order valence-electron chi connectivity index (χ0n) is 7.82. The van der Waals surface area contributed by atoms with E-state index in [2.05, 4.69) is 26.1 Å². The molecule has 0 bridgehead atoms. The maximum Gasteiger partial charge on any atom is 2.00 e. The van der Waals surface area contributed by atoms with Crippen LogP contribution >= 0.6 is 0 Å². The third-order valence-electron chi connectivity index (χ3n) is 1.78. The van der Waals surface area contributed by atoms with E-state index in [9.17, 15) is 0 Å². The third kappa shape index (κ3) is 11.0. The van der Waals surface area contributed by atoms with E-state index in [0.29, 0.717) is 6.04 Å². The van der Waals surface area contributed by atoms with E-state index in [-0.39, 0.29) is 31.1 Å². The van der Waals surface area contributed by atoms with Crippen LogP contribution in [-0.4, -0.2) is 12.6 Å². The fraction of sp³-hybridized carbons (Fsp3) is 0.889. The van der Waals surface area contributed by atoms with Crippen molar-refractivity contribution in [1.82, 2.24) is 5.32 Å². The van der Waals surface area contributed by atoms with Gasteiger partial charge in [-0.15, -0.1) is 0 Å². The second-order valence-corrected chi connectivity index (χ2v) is 2.82. The molecule has 64 valence electrons. The normalized spacial score (nSPS) is 12.3. The van der Waals surface area contributed by atoms with Crippen LogP contribution in [0.15, 0.2) is 0 Å². The number of hydrogen-bond donors (Lipinski definition) is 1. The van der Waals surface area contributed by atoms with Gasteiger partial charge in [-0.05, 0) is 26.3 Å². The van der Waals surface area contributed by atoms with Gasteiger partial charge >= 0.3 is 31.1 Å². The summed E-state index contributed by atoms with van der Waals surface area (Å²) in [6.07, 6.45) is 4.82. The molecular weight excluding hydrogens is 360 g/mol. The Morgan fingerprint density at radius 3 is 2.45 bits per heavy atom. The molecule has 1 unspecified atom stereocenters. The van der Waals surface area contributed by atoms with Crippen LogP contribution in [0.25, 0.3) is 0 Å². The van der Waals surface area contributed by atoms with Gasteiger partial charge in [0.05, 0.1) is 0 Å². The first-order valence-electron chi connectivity index (χ1n) is 4.33. The first-order valence-corrected chi connectivity index (χ1v) is 4.33. The van der Waals surface area contributed by atoms with E-state index in [0.717, 1.165) is 13.0 Å². The Balaban J connectivity index is 0. The summed E-state index contributed by atoms with van der Waals surface area (Å²) in [5.74, 6) is 0. The molecule has 0 saturated heterocycles. The van der Waals surface area contributed by atoms with Gasteiger partial charge in [-0.3, -0.25) is 0 Å². The van der Waals surface area contributed by atoms with E-state index in [1.807, 2.05) is 0 Å². The summed E-state index contributed by atoms with van der Waals surface area (Å²) >= 11 is 0. The Morgan fingerprint density at radius 2 is 2.00 bits per heavy atom. The van der Waals surface area contributed by atoms with Crippen molar-refractivity contribution in [3.05, 3.63) is 6.92 Å². The molecule has 1 nitrogen and oxygen atoms in total. The van der Waals surface area contributed by atoms with Crippen molar-refractivity contribution in [3.8, 4) is 0 Å². The topological polar surface area (TPSA) is 12.0 Å². The van der Waals surface area contributed by atoms with Gasteiger partial charge in [0, 0.05) is 6.04 Å². The third-order valence-corrected chi connectivity index (χ3v) is 1.78. The van der Waals surface area contributed by atoms with Crippen LogP contribution in [0.2, 0.25) is 0 Å². The Kier molecular flexibility index (Phi) is 14.5. The van der Waals surface area contributed by atoms with Gasteiger partial charge in [-0.25, -0.2) is 0 Å². The van der Waals surface area contributed by atoms with Crippen molar-refractivity contribution in [2.24, 2.45) is 0 Å². The van der Waals surface area contributed by atoms with E-state index >= 15 is 0 Å². The van der Waals surface area contributed by atoms with Crippen LogP contribution < -0.4 is 5.32 Å². The molecule has 1 atom stereocenters. The van der Waals surface area contributed by atoms with Crippen LogP contribution in [0.4, 0.5) is 0 Å². The van der Waals surface area contributed by atoms with Gasteiger partial charge in [0.1, 0.15) is 0 Å². The van der Waals surface area contributed by atoms with E-state index in [1.54, 1.807) is 0 Å². The van der Waals surface area contributed by atoms with Gasteiger partial charge in [-0.2, -0.15) is 6.42 Å². The Bertz CT molecular complexity index is 66.6. The molecular formula is C9H20NU+. The molecule has 0 saturated carbocycles. The van der Waals surface area contributed by atoms with Gasteiger partial charge < -0.3 is 12.2 Å². The molecule has 1 N–H and O–H groups in total. The standard InChI is InChI=1S/C9H20N.U/c1-4-6-7-8-10-9(3)5-2;/h9-10H,1,4-8H2,2-3H3;/q-1;+2. The minimum Gasteiger partial charge on any atom is -0.343 e. The first-order chi connectivity index (χ1) is 4.81. The molecule has 0 aliphatic carbocycles. The largest absolute Gasteiger partial charge is 2.00 e. The first kappa shape index (κ1) is 14.5. The van der Waals surface area contributed by atoms with Crippen molar-refractivity contribution in [1.29, 1.82) is 0 Å². The molecule has 0 aromatic heterocycles. The Hall–Kier alpha value is 1.01. The van der Waals surface area contributed by atoms with Crippen molar-refractivity contribution in [2.75, 3.05) is 6.54 Å². The minimum absolute atomic E-state index is 0. The van der Waals surface area contributed by atoms with Gasteiger partial charge in [0.2, 0.25) is 0 Å². The summed E-state index contributed by atoms with van der Waals surface area (Å²) in [6, 6.07) is 0.685. The molecule has 11 heavy (non-hydrogen) atoms. The van der Waals surface area contributed by atoms with Crippen LogP contribution in [0.3, 0.4) is 0 Å². The van der Waals surface area contributed by atoms with Gasteiger partial charge in [0.25, 0.3) is 0 Å². The average molecular weight is 380 g/mol. The average Bonchev–Trinajstić information content (AvgIpc) is 1.98. The maximum absolute atomic E-state index is 3.79. The molecule has 0 aliphatic rings. The molecule has 0 heterocycles. The number of unbranched alkanes of at least 4 members (excludes halogenated alkanes) is 2. The molecule has 0 spiro atoms. The van der Waals surface area contributed by atoms with Gasteiger partial charge in [-0.1, -0.05) is 13.3 Å². The predicted molar refractivity (Wildman–Crippen MR) is 47.0 cm³/mol. The van der Waals surface area contributed by atoms with E-state index in [4.69, 9.17) is 0 Å². The van der Waals surface area contributed by atoms with Crippen molar-refractivity contribution >= 4 is 0 Å². The van der Waals surface area contributed by atoms with E-state index < -0.39 is 0 Å². The second-order valence-electron chi connectivity index (χ2n) is 2.82. The van der Waals surface area contributed by atoms with Crippen LogP contribution in [0.1, 0.15) is 39.5 Å². The van der Waals surface area contributed by atoms with Crippen LogP contribution in [0, 0.1) is 38.0 Å². The van der Waals surface area contributed by atoms with Crippen LogP contribution in [-0.2, 0) is 0 Å². The molecule has 0 aliphatic heterocycles. The number of hydrogen-bond acceptors (Lipinski definition) is 1. The Morgan fingerprint density at radius 1 is 1.36 bits per heavy atom. The predicted octanol–water partition coefficient (Wildman–Crippen LogP) is 2.38. The number of rotatable bonds is 6. The summed E-state index contributed by atoms with van der Waals surface area (Å²) in [7, 11) is 0. The summed E-state index contributed by atoms with van der Waals surface area (Å²) in [6.45, 7) is 9.39. The minimum atomic E-state index is 0. The summed E-state index contributed by atoms with van der Waals surface area (Å²) < 4.78 is 0. The maximum atomic E-state index is 3.79. The summed E-state index contributed by atoms with van der Waals surface area (Å²) in [5, 5.41) is 3.44. The Labute approximate surface area is 95.1 Å². The van der Waals surface area contributed by atoms with Crippen molar-refractivity contribution < 1.29 is 31.1 Å². The smallest absolute Gasteiger partial charge is 0.343 e. The fourth-order valence-corrected chi connectivity index (χ4v) is 0.795. The summed E-state index contributed by atoms with van der Waals surface area (Å²) in [5.41, 5.74) is 0. The summed E-state index contributed by atoms with van der Waals surface area (Å²) in [4.78, 5) is 0. The molecule has 0 fully saturated rings. The quantitative estimate of drug-likeness (QED) is 0.551. The zero-order chi connectivity index (χ0) is 7.82. The second kappa shape index (κ2) is 11.0. The SMILES string of the molecule is [CH2-]CCCCNC(C)CC.[U+2]. The van der Waals surface area contributed by atoms with Gasteiger partial charge in [0.15, 0.2) is 0 Å². The van der Waals surface area contributed by atoms with Crippen LogP contribution in [0.5, 0.6) is 0 Å².